The number of benzene rings is 1. The Kier molecular flexibility index (Phi) is 5.09. The van der Waals surface area contributed by atoms with Crippen LogP contribution in [-0.2, 0) is 0 Å². The highest BCUT2D eigenvalue weighted by molar-refractivity contribution is 5.85. The SMILES string of the molecule is COc1ccc(O)c([C@@H](N)C2CCCC2)c1.Cl. The Balaban J connectivity index is 0.00000144. The zero-order chi connectivity index (χ0) is 11.5. The second-order valence-corrected chi connectivity index (χ2v) is 4.50. The number of ether oxygens (including phenoxy) is 1. The lowest BCUT2D eigenvalue weighted by Crippen LogP contribution is -2.19. The second kappa shape index (κ2) is 6.12. The van der Waals surface area contributed by atoms with Gasteiger partial charge in [-0.25, -0.2) is 0 Å². The topological polar surface area (TPSA) is 55.5 Å². The van der Waals surface area contributed by atoms with Gasteiger partial charge < -0.3 is 15.6 Å². The molecule has 96 valence electrons. The lowest BCUT2D eigenvalue weighted by molar-refractivity contribution is 0.395. The number of methoxy groups -OCH3 is 1. The number of hydrogen-bond donors (Lipinski definition) is 2. The van der Waals surface area contributed by atoms with Crippen LogP contribution in [0.5, 0.6) is 11.5 Å². The summed E-state index contributed by atoms with van der Waals surface area (Å²) in [5, 5.41) is 9.83. The predicted octanol–water partition coefficient (Wildman–Crippen LogP) is 3.01. The molecule has 4 heteroatoms. The van der Waals surface area contributed by atoms with Crippen LogP contribution in [0.25, 0.3) is 0 Å². The van der Waals surface area contributed by atoms with Gasteiger partial charge in [-0.1, -0.05) is 12.8 Å². The molecule has 1 aromatic carbocycles. The fraction of sp³-hybridized carbons (Fsp3) is 0.538. The van der Waals surface area contributed by atoms with Gasteiger partial charge in [-0.2, -0.15) is 0 Å². The first-order chi connectivity index (χ1) is 7.72. The molecule has 0 radical (unpaired) electrons. The summed E-state index contributed by atoms with van der Waals surface area (Å²) in [6.07, 6.45) is 4.84. The average molecular weight is 258 g/mol. The number of nitrogens with two attached hydrogens (primary N) is 1. The van der Waals surface area contributed by atoms with Crippen molar-refractivity contribution in [1.82, 2.24) is 0 Å². The highest BCUT2D eigenvalue weighted by Gasteiger charge is 2.25. The van der Waals surface area contributed by atoms with E-state index < -0.39 is 0 Å². The number of aromatic hydroxyl groups is 1. The highest BCUT2D eigenvalue weighted by Crippen LogP contribution is 2.38. The summed E-state index contributed by atoms with van der Waals surface area (Å²) in [4.78, 5) is 0. The summed E-state index contributed by atoms with van der Waals surface area (Å²) >= 11 is 0. The molecule has 17 heavy (non-hydrogen) atoms. The van der Waals surface area contributed by atoms with Gasteiger partial charge in [0.25, 0.3) is 0 Å². The van der Waals surface area contributed by atoms with Crippen molar-refractivity contribution < 1.29 is 9.84 Å². The molecule has 0 unspecified atom stereocenters. The molecule has 3 N–H and O–H groups in total. The number of hydrogen-bond acceptors (Lipinski definition) is 3. The van der Waals surface area contributed by atoms with Crippen LogP contribution < -0.4 is 10.5 Å². The molecule has 0 spiro atoms. The molecule has 0 heterocycles. The van der Waals surface area contributed by atoms with E-state index in [4.69, 9.17) is 10.5 Å². The maximum Gasteiger partial charge on any atom is 0.120 e. The molecule has 0 aliphatic heterocycles. The van der Waals surface area contributed by atoms with Gasteiger partial charge in [-0.3, -0.25) is 0 Å². The third kappa shape index (κ3) is 3.05. The lowest BCUT2D eigenvalue weighted by Gasteiger charge is -2.20. The Labute approximate surface area is 108 Å². The van der Waals surface area contributed by atoms with Crippen LogP contribution >= 0.6 is 12.4 Å². The molecule has 1 saturated carbocycles. The lowest BCUT2D eigenvalue weighted by atomic mass is 9.92. The molecular formula is C13H20ClNO2. The normalized spacial score (nSPS) is 17.5. The van der Waals surface area contributed by atoms with E-state index in [9.17, 15) is 5.11 Å². The number of rotatable bonds is 3. The van der Waals surface area contributed by atoms with Crippen molar-refractivity contribution in [2.24, 2.45) is 11.7 Å². The van der Waals surface area contributed by atoms with Crippen LogP contribution in [0.15, 0.2) is 18.2 Å². The van der Waals surface area contributed by atoms with Crippen LogP contribution in [-0.4, -0.2) is 12.2 Å². The van der Waals surface area contributed by atoms with Crippen molar-refractivity contribution in [3.63, 3.8) is 0 Å². The summed E-state index contributed by atoms with van der Waals surface area (Å²) in [6.45, 7) is 0. The molecule has 0 amide bonds. The molecule has 1 fully saturated rings. The molecule has 1 atom stereocenters. The van der Waals surface area contributed by atoms with Gasteiger partial charge in [-0.15, -0.1) is 12.4 Å². The standard InChI is InChI=1S/C13H19NO2.ClH/c1-16-10-6-7-12(15)11(8-10)13(14)9-4-2-3-5-9;/h6-9,13,15H,2-5,14H2,1H3;1H/t13-;/m0./s1. The van der Waals surface area contributed by atoms with E-state index >= 15 is 0 Å². The fourth-order valence-electron chi connectivity index (χ4n) is 2.50. The van der Waals surface area contributed by atoms with Gasteiger partial charge in [0, 0.05) is 11.6 Å². The number of phenolic OH excluding ortho intramolecular Hbond substituents is 1. The molecule has 1 aliphatic carbocycles. The first kappa shape index (κ1) is 14.1. The smallest absolute Gasteiger partial charge is 0.120 e. The van der Waals surface area contributed by atoms with Crippen molar-refractivity contribution in [2.75, 3.05) is 7.11 Å². The van der Waals surface area contributed by atoms with Crippen LogP contribution in [0.2, 0.25) is 0 Å². The molecular weight excluding hydrogens is 238 g/mol. The molecule has 1 aliphatic rings. The van der Waals surface area contributed by atoms with Crippen molar-refractivity contribution >= 4 is 12.4 Å². The van der Waals surface area contributed by atoms with Gasteiger partial charge in [0.1, 0.15) is 11.5 Å². The Morgan fingerprint density at radius 3 is 2.59 bits per heavy atom. The summed E-state index contributed by atoms with van der Waals surface area (Å²) in [6, 6.07) is 5.18. The average Bonchev–Trinajstić information content (AvgIpc) is 2.82. The number of halogens is 1. The monoisotopic (exact) mass is 257 g/mol. The largest absolute Gasteiger partial charge is 0.508 e. The van der Waals surface area contributed by atoms with Gasteiger partial charge >= 0.3 is 0 Å². The van der Waals surface area contributed by atoms with Crippen molar-refractivity contribution in [3.05, 3.63) is 23.8 Å². The van der Waals surface area contributed by atoms with Crippen LogP contribution in [0.4, 0.5) is 0 Å². The highest BCUT2D eigenvalue weighted by atomic mass is 35.5. The van der Waals surface area contributed by atoms with Gasteiger partial charge in [0.2, 0.25) is 0 Å². The van der Waals surface area contributed by atoms with Crippen molar-refractivity contribution in [1.29, 1.82) is 0 Å². The molecule has 0 saturated heterocycles. The Morgan fingerprint density at radius 2 is 2.00 bits per heavy atom. The Bertz CT molecular complexity index is 364. The molecule has 2 rings (SSSR count). The van der Waals surface area contributed by atoms with Crippen LogP contribution in [0, 0.1) is 5.92 Å². The fourth-order valence-corrected chi connectivity index (χ4v) is 2.50. The Morgan fingerprint density at radius 1 is 1.35 bits per heavy atom. The molecule has 3 nitrogen and oxygen atoms in total. The van der Waals surface area contributed by atoms with E-state index in [1.807, 2.05) is 6.07 Å². The van der Waals surface area contributed by atoms with E-state index in [1.54, 1.807) is 19.2 Å². The second-order valence-electron chi connectivity index (χ2n) is 4.50. The van der Waals surface area contributed by atoms with Crippen molar-refractivity contribution in [3.8, 4) is 11.5 Å². The summed E-state index contributed by atoms with van der Waals surface area (Å²) in [5.74, 6) is 1.53. The summed E-state index contributed by atoms with van der Waals surface area (Å²) in [5.41, 5.74) is 7.02. The zero-order valence-electron chi connectivity index (χ0n) is 10.1. The molecule has 0 bridgehead atoms. The predicted molar refractivity (Wildman–Crippen MR) is 70.8 cm³/mol. The van der Waals surface area contributed by atoms with Gasteiger partial charge in [-0.05, 0) is 37.0 Å². The zero-order valence-corrected chi connectivity index (χ0v) is 10.9. The third-order valence-corrected chi connectivity index (χ3v) is 3.50. The van der Waals surface area contributed by atoms with Gasteiger partial charge in [0.05, 0.1) is 7.11 Å². The van der Waals surface area contributed by atoms with E-state index in [0.717, 1.165) is 24.2 Å². The van der Waals surface area contributed by atoms with Crippen molar-refractivity contribution in [2.45, 2.75) is 31.7 Å². The van der Waals surface area contributed by atoms with E-state index in [2.05, 4.69) is 0 Å². The minimum atomic E-state index is -0.0717. The van der Waals surface area contributed by atoms with Crippen LogP contribution in [0.1, 0.15) is 37.3 Å². The molecule has 0 aromatic heterocycles. The minimum absolute atomic E-state index is 0. The summed E-state index contributed by atoms with van der Waals surface area (Å²) in [7, 11) is 1.62. The number of phenols is 1. The summed E-state index contributed by atoms with van der Waals surface area (Å²) < 4.78 is 5.16. The first-order valence-electron chi connectivity index (χ1n) is 5.85. The maximum absolute atomic E-state index is 9.83. The Hall–Kier alpha value is -0.930. The maximum atomic E-state index is 9.83. The minimum Gasteiger partial charge on any atom is -0.508 e. The van der Waals surface area contributed by atoms with Gasteiger partial charge in [0.15, 0.2) is 0 Å². The van der Waals surface area contributed by atoms with E-state index in [-0.39, 0.29) is 24.2 Å². The first-order valence-corrected chi connectivity index (χ1v) is 5.85. The quantitative estimate of drug-likeness (QED) is 0.875. The molecule has 1 aromatic rings. The van der Waals surface area contributed by atoms with Crippen LogP contribution in [0.3, 0.4) is 0 Å². The van der Waals surface area contributed by atoms with E-state index in [1.165, 1.54) is 12.8 Å². The third-order valence-electron chi connectivity index (χ3n) is 3.50. The van der Waals surface area contributed by atoms with E-state index in [0.29, 0.717) is 5.92 Å².